The number of hydrogen-bond donors (Lipinski definition) is 2. The Balaban J connectivity index is 2.34. The molecule has 0 bridgehead atoms. The van der Waals surface area contributed by atoms with Gasteiger partial charge < -0.3 is 19.9 Å². The lowest BCUT2D eigenvalue weighted by molar-refractivity contribution is -0.139. The van der Waals surface area contributed by atoms with E-state index in [4.69, 9.17) is 14.6 Å². The van der Waals surface area contributed by atoms with Crippen LogP contribution in [0, 0.1) is 5.92 Å². The van der Waals surface area contributed by atoms with Crippen molar-refractivity contribution in [1.82, 2.24) is 5.32 Å². The lowest BCUT2D eigenvalue weighted by atomic mass is 9.85. The van der Waals surface area contributed by atoms with Crippen molar-refractivity contribution in [3.63, 3.8) is 0 Å². The highest BCUT2D eigenvalue weighted by molar-refractivity contribution is 5.78. The Morgan fingerprint density at radius 1 is 1.38 bits per heavy atom. The van der Waals surface area contributed by atoms with Gasteiger partial charge in [0.25, 0.3) is 0 Å². The number of carboxylic acid groups (broad SMARTS) is 1. The van der Waals surface area contributed by atoms with Gasteiger partial charge in [-0.3, -0.25) is 9.59 Å². The summed E-state index contributed by atoms with van der Waals surface area (Å²) in [7, 11) is 0. The zero-order chi connectivity index (χ0) is 15.9. The van der Waals surface area contributed by atoms with Crippen molar-refractivity contribution >= 4 is 11.9 Å². The summed E-state index contributed by atoms with van der Waals surface area (Å²) in [5.41, 5.74) is -0.735. The van der Waals surface area contributed by atoms with Crippen LogP contribution in [0.25, 0.3) is 0 Å². The van der Waals surface area contributed by atoms with Crippen LogP contribution in [0.5, 0.6) is 0 Å². The average Bonchev–Trinajstić information content (AvgIpc) is 2.38. The van der Waals surface area contributed by atoms with Gasteiger partial charge in [0.1, 0.15) is 0 Å². The first-order valence-corrected chi connectivity index (χ1v) is 7.55. The first-order chi connectivity index (χ1) is 9.83. The zero-order valence-corrected chi connectivity index (χ0v) is 13.2. The maximum absolute atomic E-state index is 12.0. The van der Waals surface area contributed by atoms with Gasteiger partial charge in [-0.05, 0) is 25.7 Å². The number of nitrogens with one attached hydrogen (secondary N) is 1. The van der Waals surface area contributed by atoms with Gasteiger partial charge in [0.15, 0.2) is 0 Å². The molecule has 0 aliphatic carbocycles. The van der Waals surface area contributed by atoms with Gasteiger partial charge in [-0.25, -0.2) is 0 Å². The van der Waals surface area contributed by atoms with Crippen LogP contribution in [0.1, 0.15) is 46.5 Å². The molecule has 0 aromatic heterocycles. The number of carbonyl (C=O) groups is 2. The summed E-state index contributed by atoms with van der Waals surface area (Å²) in [5.74, 6) is -1.04. The van der Waals surface area contributed by atoms with Crippen molar-refractivity contribution in [3.05, 3.63) is 0 Å². The van der Waals surface area contributed by atoms with E-state index in [0.29, 0.717) is 19.8 Å². The fraction of sp³-hybridized carbons (Fsp3) is 0.867. The Bertz CT molecular complexity index is 352. The van der Waals surface area contributed by atoms with Gasteiger partial charge in [-0.2, -0.15) is 0 Å². The van der Waals surface area contributed by atoms with E-state index in [0.717, 1.165) is 12.8 Å². The molecule has 6 nitrogen and oxygen atoms in total. The van der Waals surface area contributed by atoms with E-state index in [-0.39, 0.29) is 30.8 Å². The molecule has 21 heavy (non-hydrogen) atoms. The minimum Gasteiger partial charge on any atom is -0.481 e. The van der Waals surface area contributed by atoms with Crippen molar-refractivity contribution < 1.29 is 24.2 Å². The largest absolute Gasteiger partial charge is 0.481 e. The molecule has 1 fully saturated rings. The number of ether oxygens (including phenoxy) is 2. The standard InChI is InChI=1S/C15H27NO5/c1-11(2)15(3,10-14(18)19)16-13(17)6-9-21-12-4-7-20-8-5-12/h11-12H,4-10H2,1-3H3,(H,16,17)(H,18,19). The van der Waals surface area contributed by atoms with Crippen LogP contribution in [-0.4, -0.2) is 48.4 Å². The van der Waals surface area contributed by atoms with Crippen LogP contribution in [-0.2, 0) is 19.1 Å². The van der Waals surface area contributed by atoms with Gasteiger partial charge in [0.05, 0.1) is 19.1 Å². The topological polar surface area (TPSA) is 84.9 Å². The molecule has 0 spiro atoms. The molecule has 1 heterocycles. The number of carbonyl (C=O) groups excluding carboxylic acids is 1. The molecule has 122 valence electrons. The molecule has 1 aliphatic rings. The van der Waals surface area contributed by atoms with Crippen molar-refractivity contribution in [3.8, 4) is 0 Å². The molecule has 1 aliphatic heterocycles. The molecular formula is C15H27NO5. The van der Waals surface area contributed by atoms with E-state index in [1.807, 2.05) is 13.8 Å². The smallest absolute Gasteiger partial charge is 0.305 e. The van der Waals surface area contributed by atoms with E-state index >= 15 is 0 Å². The lowest BCUT2D eigenvalue weighted by Crippen LogP contribution is -2.51. The highest BCUT2D eigenvalue weighted by atomic mass is 16.5. The molecule has 0 aromatic carbocycles. The molecule has 1 rings (SSSR count). The Morgan fingerprint density at radius 2 is 2.00 bits per heavy atom. The Kier molecular flexibility index (Phi) is 7.11. The summed E-state index contributed by atoms with van der Waals surface area (Å²) in [6.45, 7) is 7.35. The van der Waals surface area contributed by atoms with Gasteiger partial charge in [0, 0.05) is 25.2 Å². The second kappa shape index (κ2) is 8.34. The highest BCUT2D eigenvalue weighted by Gasteiger charge is 2.32. The minimum absolute atomic E-state index is 0.0361. The molecule has 1 saturated heterocycles. The Hall–Kier alpha value is -1.14. The third kappa shape index (κ3) is 6.44. The summed E-state index contributed by atoms with van der Waals surface area (Å²) in [6, 6.07) is 0. The van der Waals surface area contributed by atoms with Crippen molar-refractivity contribution in [2.45, 2.75) is 58.1 Å². The van der Waals surface area contributed by atoms with Crippen molar-refractivity contribution in [2.24, 2.45) is 5.92 Å². The SMILES string of the molecule is CC(C)C(C)(CC(=O)O)NC(=O)CCOC1CCOCC1. The van der Waals surface area contributed by atoms with E-state index < -0.39 is 11.5 Å². The summed E-state index contributed by atoms with van der Waals surface area (Å²) < 4.78 is 10.9. The first-order valence-electron chi connectivity index (χ1n) is 7.55. The minimum atomic E-state index is -0.912. The van der Waals surface area contributed by atoms with Crippen molar-refractivity contribution in [1.29, 1.82) is 0 Å². The summed E-state index contributed by atoms with van der Waals surface area (Å²) >= 11 is 0. The molecule has 1 atom stereocenters. The average molecular weight is 301 g/mol. The van der Waals surface area contributed by atoms with Gasteiger partial charge in [-0.15, -0.1) is 0 Å². The van der Waals surface area contributed by atoms with E-state index in [1.54, 1.807) is 6.92 Å². The van der Waals surface area contributed by atoms with Crippen LogP contribution in [0.4, 0.5) is 0 Å². The summed E-state index contributed by atoms with van der Waals surface area (Å²) in [5, 5.41) is 11.8. The molecule has 0 aromatic rings. The third-order valence-electron chi connectivity index (χ3n) is 4.07. The number of carboxylic acids is 1. The Morgan fingerprint density at radius 3 is 2.52 bits per heavy atom. The fourth-order valence-corrected chi connectivity index (χ4v) is 2.25. The van der Waals surface area contributed by atoms with Crippen molar-refractivity contribution in [2.75, 3.05) is 19.8 Å². The first kappa shape index (κ1) is 17.9. The van der Waals surface area contributed by atoms with Gasteiger partial charge in [-0.1, -0.05) is 13.8 Å². The molecule has 0 radical (unpaired) electrons. The molecular weight excluding hydrogens is 274 g/mol. The highest BCUT2D eigenvalue weighted by Crippen LogP contribution is 2.21. The fourth-order valence-electron chi connectivity index (χ4n) is 2.25. The predicted octanol–water partition coefficient (Wildman–Crippen LogP) is 1.58. The lowest BCUT2D eigenvalue weighted by Gasteiger charge is -2.33. The van der Waals surface area contributed by atoms with Crippen LogP contribution in [0.3, 0.4) is 0 Å². The van der Waals surface area contributed by atoms with Crippen LogP contribution in [0.2, 0.25) is 0 Å². The van der Waals surface area contributed by atoms with Crippen LogP contribution >= 0.6 is 0 Å². The van der Waals surface area contributed by atoms with Gasteiger partial charge >= 0.3 is 5.97 Å². The molecule has 0 saturated carbocycles. The number of rotatable bonds is 8. The van der Waals surface area contributed by atoms with E-state index in [9.17, 15) is 9.59 Å². The van der Waals surface area contributed by atoms with Crippen LogP contribution in [0.15, 0.2) is 0 Å². The Labute approximate surface area is 126 Å². The molecule has 1 unspecified atom stereocenters. The molecule has 1 amide bonds. The predicted molar refractivity (Wildman–Crippen MR) is 78.0 cm³/mol. The summed E-state index contributed by atoms with van der Waals surface area (Å²) in [4.78, 5) is 22.9. The van der Waals surface area contributed by atoms with Crippen LogP contribution < -0.4 is 5.32 Å². The maximum atomic E-state index is 12.0. The monoisotopic (exact) mass is 301 g/mol. The summed E-state index contributed by atoms with van der Waals surface area (Å²) in [6.07, 6.45) is 2.06. The number of aliphatic carboxylic acids is 1. The van der Waals surface area contributed by atoms with E-state index in [2.05, 4.69) is 5.32 Å². The van der Waals surface area contributed by atoms with Gasteiger partial charge in [0.2, 0.25) is 5.91 Å². The number of hydrogen-bond acceptors (Lipinski definition) is 4. The quantitative estimate of drug-likeness (QED) is 0.711. The molecule has 6 heteroatoms. The second-order valence-electron chi connectivity index (χ2n) is 6.12. The number of amides is 1. The molecule has 2 N–H and O–H groups in total. The normalized spacial score (nSPS) is 19.2. The zero-order valence-electron chi connectivity index (χ0n) is 13.2. The second-order valence-corrected chi connectivity index (χ2v) is 6.12. The van der Waals surface area contributed by atoms with E-state index in [1.165, 1.54) is 0 Å². The third-order valence-corrected chi connectivity index (χ3v) is 4.07. The maximum Gasteiger partial charge on any atom is 0.305 e.